The predicted molar refractivity (Wildman–Crippen MR) is 78.8 cm³/mol. The highest BCUT2D eigenvalue weighted by atomic mass is 79.9. The average molecular weight is 315 g/mol. The Hall–Kier alpha value is -0.450. The fourth-order valence-electron chi connectivity index (χ4n) is 1.94. The van der Waals surface area contributed by atoms with E-state index in [1.807, 2.05) is 12.4 Å². The van der Waals surface area contributed by atoms with Gasteiger partial charge in [0.05, 0.1) is 6.10 Å². The lowest BCUT2D eigenvalue weighted by Gasteiger charge is -2.21. The van der Waals surface area contributed by atoms with Crippen molar-refractivity contribution in [1.29, 1.82) is 0 Å². The van der Waals surface area contributed by atoms with Gasteiger partial charge >= 0.3 is 0 Å². The lowest BCUT2D eigenvalue weighted by Crippen LogP contribution is -2.35. The van der Waals surface area contributed by atoms with Crippen LogP contribution >= 0.6 is 15.9 Å². The topological polar surface area (TPSA) is 34.2 Å². The van der Waals surface area contributed by atoms with Gasteiger partial charge in [0.1, 0.15) is 0 Å². The maximum Gasteiger partial charge on any atom is 0.0558 e. The molecule has 0 saturated carbocycles. The van der Waals surface area contributed by atoms with Crippen molar-refractivity contribution in [1.82, 2.24) is 10.3 Å². The summed E-state index contributed by atoms with van der Waals surface area (Å²) in [6.45, 7) is 5.34. The Kier molecular flexibility index (Phi) is 7.47. The third-order valence-corrected chi connectivity index (χ3v) is 3.38. The summed E-state index contributed by atoms with van der Waals surface area (Å²) in [5.74, 6) is 0. The summed E-state index contributed by atoms with van der Waals surface area (Å²) in [6, 6.07) is 2.57. The van der Waals surface area contributed by atoms with Crippen LogP contribution in [0.25, 0.3) is 0 Å². The van der Waals surface area contributed by atoms with Crippen LogP contribution in [-0.4, -0.2) is 30.8 Å². The SMILES string of the molecule is CCCNC(Cc1cncc(Br)c1)CC(C)OC. The first-order valence-electron chi connectivity index (χ1n) is 6.51. The fourth-order valence-corrected chi connectivity index (χ4v) is 2.35. The molecule has 0 aliphatic rings. The van der Waals surface area contributed by atoms with E-state index in [2.05, 4.69) is 46.1 Å². The molecule has 102 valence electrons. The highest BCUT2D eigenvalue weighted by Crippen LogP contribution is 2.13. The van der Waals surface area contributed by atoms with Crippen molar-refractivity contribution in [3.8, 4) is 0 Å². The Bertz CT molecular complexity index is 346. The van der Waals surface area contributed by atoms with Gasteiger partial charge in [0.2, 0.25) is 0 Å². The predicted octanol–water partition coefficient (Wildman–Crippen LogP) is 3.18. The van der Waals surface area contributed by atoms with Crippen molar-refractivity contribution in [2.24, 2.45) is 0 Å². The molecule has 1 aromatic rings. The number of hydrogen-bond donors (Lipinski definition) is 1. The molecule has 0 aliphatic heterocycles. The van der Waals surface area contributed by atoms with E-state index in [0.717, 1.165) is 30.3 Å². The molecular formula is C14H23BrN2O. The Morgan fingerprint density at radius 2 is 2.22 bits per heavy atom. The number of nitrogens with zero attached hydrogens (tertiary/aromatic N) is 1. The minimum atomic E-state index is 0.277. The van der Waals surface area contributed by atoms with Crippen molar-refractivity contribution in [3.05, 3.63) is 28.5 Å². The van der Waals surface area contributed by atoms with E-state index in [0.29, 0.717) is 6.04 Å². The molecule has 4 heteroatoms. The summed E-state index contributed by atoms with van der Waals surface area (Å²) in [4.78, 5) is 4.21. The molecule has 1 aromatic heterocycles. The van der Waals surface area contributed by atoms with Crippen LogP contribution in [0, 0.1) is 0 Å². The van der Waals surface area contributed by atoms with Gasteiger partial charge in [0.25, 0.3) is 0 Å². The minimum absolute atomic E-state index is 0.277. The second-order valence-corrected chi connectivity index (χ2v) is 5.56. The van der Waals surface area contributed by atoms with E-state index in [9.17, 15) is 0 Å². The zero-order valence-electron chi connectivity index (χ0n) is 11.4. The summed E-state index contributed by atoms with van der Waals surface area (Å²) in [6.07, 6.45) is 7.18. The fraction of sp³-hybridized carbons (Fsp3) is 0.643. The zero-order valence-corrected chi connectivity index (χ0v) is 13.0. The molecule has 1 N–H and O–H groups in total. The molecule has 18 heavy (non-hydrogen) atoms. The van der Waals surface area contributed by atoms with Crippen molar-refractivity contribution < 1.29 is 4.74 Å². The number of methoxy groups -OCH3 is 1. The number of ether oxygens (including phenoxy) is 1. The first-order chi connectivity index (χ1) is 8.65. The molecule has 0 aliphatic carbocycles. The normalized spacial score (nSPS) is 14.4. The van der Waals surface area contributed by atoms with Crippen LogP contribution in [0.5, 0.6) is 0 Å². The third-order valence-electron chi connectivity index (χ3n) is 2.95. The highest BCUT2D eigenvalue weighted by Gasteiger charge is 2.13. The number of pyridine rings is 1. The van der Waals surface area contributed by atoms with Gasteiger partial charge in [-0.2, -0.15) is 0 Å². The van der Waals surface area contributed by atoms with Crippen LogP contribution in [-0.2, 0) is 11.2 Å². The number of halogens is 1. The number of hydrogen-bond acceptors (Lipinski definition) is 3. The maximum absolute atomic E-state index is 5.36. The molecule has 0 bridgehead atoms. The van der Waals surface area contributed by atoms with E-state index in [4.69, 9.17) is 4.74 Å². The first kappa shape index (κ1) is 15.6. The van der Waals surface area contributed by atoms with Crippen molar-refractivity contribution in [2.45, 2.75) is 45.3 Å². The molecule has 2 unspecified atom stereocenters. The third kappa shape index (κ3) is 5.94. The second kappa shape index (κ2) is 8.62. The number of rotatable bonds is 8. The Morgan fingerprint density at radius 3 is 2.83 bits per heavy atom. The van der Waals surface area contributed by atoms with Gasteiger partial charge in [0.15, 0.2) is 0 Å². The van der Waals surface area contributed by atoms with E-state index in [1.54, 1.807) is 7.11 Å². The number of aromatic nitrogens is 1. The summed E-state index contributed by atoms with van der Waals surface area (Å²) >= 11 is 3.46. The average Bonchev–Trinajstić information content (AvgIpc) is 2.35. The summed E-state index contributed by atoms with van der Waals surface area (Å²) in [7, 11) is 1.77. The quantitative estimate of drug-likeness (QED) is 0.800. The smallest absolute Gasteiger partial charge is 0.0558 e. The van der Waals surface area contributed by atoms with Crippen molar-refractivity contribution in [2.75, 3.05) is 13.7 Å². The molecule has 0 radical (unpaired) electrons. The van der Waals surface area contributed by atoms with Crippen LogP contribution in [0.2, 0.25) is 0 Å². The monoisotopic (exact) mass is 314 g/mol. The largest absolute Gasteiger partial charge is 0.382 e. The second-order valence-electron chi connectivity index (χ2n) is 4.65. The van der Waals surface area contributed by atoms with Crippen LogP contribution < -0.4 is 5.32 Å². The lowest BCUT2D eigenvalue weighted by atomic mass is 10.0. The highest BCUT2D eigenvalue weighted by molar-refractivity contribution is 9.10. The molecule has 0 amide bonds. The van der Waals surface area contributed by atoms with Gasteiger partial charge in [-0.05, 0) is 60.3 Å². The van der Waals surface area contributed by atoms with Gasteiger partial charge in [-0.1, -0.05) is 6.92 Å². The van der Waals surface area contributed by atoms with Crippen molar-refractivity contribution >= 4 is 15.9 Å². The van der Waals surface area contributed by atoms with E-state index < -0.39 is 0 Å². The van der Waals surface area contributed by atoms with Crippen LogP contribution in [0.15, 0.2) is 22.9 Å². The first-order valence-corrected chi connectivity index (χ1v) is 7.30. The molecule has 2 atom stereocenters. The van der Waals surface area contributed by atoms with Gasteiger partial charge < -0.3 is 10.1 Å². The molecule has 0 spiro atoms. The van der Waals surface area contributed by atoms with Crippen LogP contribution in [0.3, 0.4) is 0 Å². The van der Waals surface area contributed by atoms with Gasteiger partial charge in [-0.25, -0.2) is 0 Å². The lowest BCUT2D eigenvalue weighted by molar-refractivity contribution is 0.100. The summed E-state index contributed by atoms with van der Waals surface area (Å²) in [5, 5.41) is 3.58. The van der Waals surface area contributed by atoms with Crippen molar-refractivity contribution in [3.63, 3.8) is 0 Å². The molecule has 0 fully saturated rings. The zero-order chi connectivity index (χ0) is 13.4. The van der Waals surface area contributed by atoms with Gasteiger partial charge in [0, 0.05) is 30.0 Å². The van der Waals surface area contributed by atoms with Crippen LogP contribution in [0.4, 0.5) is 0 Å². The molecule has 3 nitrogen and oxygen atoms in total. The molecule has 1 heterocycles. The number of nitrogens with one attached hydrogen (secondary N) is 1. The maximum atomic E-state index is 5.36. The summed E-state index contributed by atoms with van der Waals surface area (Å²) in [5.41, 5.74) is 1.25. The summed E-state index contributed by atoms with van der Waals surface area (Å²) < 4.78 is 6.39. The Labute approximate surface area is 118 Å². The Morgan fingerprint density at radius 1 is 1.44 bits per heavy atom. The van der Waals surface area contributed by atoms with E-state index in [1.165, 1.54) is 5.56 Å². The Balaban J connectivity index is 2.59. The minimum Gasteiger partial charge on any atom is -0.382 e. The van der Waals surface area contributed by atoms with E-state index in [-0.39, 0.29) is 6.10 Å². The molecule has 1 rings (SSSR count). The van der Waals surface area contributed by atoms with E-state index >= 15 is 0 Å². The molecule has 0 saturated heterocycles. The standard InChI is InChI=1S/C14H23BrN2O/c1-4-5-17-14(6-11(2)18-3)8-12-7-13(15)10-16-9-12/h7,9-11,14,17H,4-6,8H2,1-3H3. The van der Waals surface area contributed by atoms with Gasteiger partial charge in [-0.15, -0.1) is 0 Å². The molecule has 0 aromatic carbocycles. The van der Waals surface area contributed by atoms with Gasteiger partial charge in [-0.3, -0.25) is 4.98 Å². The van der Waals surface area contributed by atoms with Crippen LogP contribution in [0.1, 0.15) is 32.3 Å². The molecular weight excluding hydrogens is 292 g/mol.